The Kier molecular flexibility index (Phi) is 6.66. The number of benzene rings is 3. The maximum Gasteiger partial charge on any atom is 0.229 e. The first kappa shape index (κ1) is 23.2. The van der Waals surface area contributed by atoms with Gasteiger partial charge in [0.05, 0.1) is 23.6 Å². The molecule has 0 radical (unpaired) electrons. The Balaban J connectivity index is 1.30. The van der Waals surface area contributed by atoms with E-state index in [1.807, 2.05) is 36.4 Å². The van der Waals surface area contributed by atoms with Crippen molar-refractivity contribution >= 4 is 49.1 Å². The van der Waals surface area contributed by atoms with E-state index in [9.17, 15) is 18.6 Å². The zero-order valence-corrected chi connectivity index (χ0v) is 19.4. The Morgan fingerprint density at radius 3 is 2.55 bits per heavy atom. The average molecular weight is 490 g/mol. The summed E-state index contributed by atoms with van der Waals surface area (Å²) in [5.41, 5.74) is 2.41. The zero-order valence-electron chi connectivity index (χ0n) is 17.8. The van der Waals surface area contributed by atoms with Gasteiger partial charge in [-0.15, -0.1) is 0 Å². The Labute approximate surface area is 196 Å². The van der Waals surface area contributed by atoms with Crippen molar-refractivity contribution in [2.24, 2.45) is 0 Å². The number of ether oxygens (including phenoxy) is 1. The van der Waals surface area contributed by atoms with Gasteiger partial charge in [-0.1, -0.05) is 23.7 Å². The minimum Gasteiger partial charge on any atom is -0.506 e. The molecule has 3 aromatic carbocycles. The van der Waals surface area contributed by atoms with Gasteiger partial charge in [0.15, 0.2) is 0 Å². The molecule has 0 aliphatic rings. The number of H-pyrrole nitrogens is 1. The molecule has 8 nitrogen and oxygen atoms in total. The van der Waals surface area contributed by atoms with E-state index in [0.29, 0.717) is 23.7 Å². The van der Waals surface area contributed by atoms with Gasteiger partial charge in [0.1, 0.15) is 18.1 Å². The summed E-state index contributed by atoms with van der Waals surface area (Å²) in [4.78, 5) is 3.34. The number of aromatic amines is 1. The summed E-state index contributed by atoms with van der Waals surface area (Å²) in [6.45, 7) is 1.11. The fraction of sp³-hybridized carbons (Fsp3) is 0.217. The summed E-state index contributed by atoms with van der Waals surface area (Å²) in [7, 11) is -3.55. The van der Waals surface area contributed by atoms with Crippen molar-refractivity contribution in [1.29, 1.82) is 0 Å². The third-order valence-corrected chi connectivity index (χ3v) is 5.94. The number of halogens is 1. The lowest BCUT2D eigenvalue weighted by molar-refractivity contribution is 0.172. The van der Waals surface area contributed by atoms with E-state index in [1.54, 1.807) is 0 Å². The predicted octanol–water partition coefficient (Wildman–Crippen LogP) is 3.75. The molecule has 5 N–H and O–H groups in total. The molecule has 0 saturated heterocycles. The van der Waals surface area contributed by atoms with Crippen molar-refractivity contribution in [3.63, 3.8) is 0 Å². The molecule has 1 aromatic heterocycles. The minimum atomic E-state index is -3.55. The normalized spacial score (nSPS) is 12.8. The topological polar surface area (TPSA) is 124 Å². The van der Waals surface area contributed by atoms with Gasteiger partial charge in [-0.2, -0.15) is 0 Å². The second kappa shape index (κ2) is 9.48. The highest BCUT2D eigenvalue weighted by Gasteiger charge is 2.13. The van der Waals surface area contributed by atoms with Crippen LogP contribution in [0, 0.1) is 0 Å². The van der Waals surface area contributed by atoms with E-state index in [2.05, 4.69) is 15.0 Å². The molecule has 1 heterocycles. The van der Waals surface area contributed by atoms with Gasteiger partial charge >= 0.3 is 0 Å². The summed E-state index contributed by atoms with van der Waals surface area (Å²) in [6, 6.07) is 15.9. The van der Waals surface area contributed by atoms with Crippen LogP contribution in [0.15, 0.2) is 54.6 Å². The number of aliphatic hydroxyl groups excluding tert-OH is 1. The van der Waals surface area contributed by atoms with Crippen LogP contribution in [0.1, 0.15) is 11.7 Å². The summed E-state index contributed by atoms with van der Waals surface area (Å²) in [6.07, 6.45) is 0.100. The highest BCUT2D eigenvalue weighted by atomic mass is 35.5. The number of hydrogen-bond acceptors (Lipinski definition) is 6. The van der Waals surface area contributed by atoms with Crippen molar-refractivity contribution in [3.8, 4) is 11.5 Å². The molecule has 0 spiro atoms. The molecule has 0 unspecified atom stereocenters. The van der Waals surface area contributed by atoms with Crippen molar-refractivity contribution < 1.29 is 23.4 Å². The van der Waals surface area contributed by atoms with E-state index in [4.69, 9.17) is 16.3 Å². The number of aromatic nitrogens is 1. The molecule has 174 valence electrons. The average Bonchev–Trinajstić information content (AvgIpc) is 3.10. The van der Waals surface area contributed by atoms with Crippen LogP contribution in [0.25, 0.3) is 21.8 Å². The van der Waals surface area contributed by atoms with Gasteiger partial charge in [-0.25, -0.2) is 8.42 Å². The van der Waals surface area contributed by atoms with Crippen molar-refractivity contribution in [2.45, 2.75) is 6.10 Å². The zero-order chi connectivity index (χ0) is 23.6. The Hall–Kier alpha value is -2.98. The number of sulfonamides is 1. The predicted molar refractivity (Wildman–Crippen MR) is 131 cm³/mol. The third-order valence-electron chi connectivity index (χ3n) is 5.12. The lowest BCUT2D eigenvalue weighted by Crippen LogP contribution is -2.26. The van der Waals surface area contributed by atoms with Gasteiger partial charge in [-0.3, -0.25) is 4.72 Å². The van der Waals surface area contributed by atoms with Crippen LogP contribution in [0.4, 0.5) is 5.69 Å². The monoisotopic (exact) mass is 489 g/mol. The van der Waals surface area contributed by atoms with Crippen LogP contribution in [0.3, 0.4) is 0 Å². The van der Waals surface area contributed by atoms with E-state index in [-0.39, 0.29) is 18.0 Å². The number of nitrogens with one attached hydrogen (secondary N) is 3. The van der Waals surface area contributed by atoms with Gasteiger partial charge in [0.25, 0.3) is 0 Å². The number of hydrogen-bond donors (Lipinski definition) is 5. The molecule has 33 heavy (non-hydrogen) atoms. The van der Waals surface area contributed by atoms with E-state index >= 15 is 0 Å². The number of phenolic OH excluding ortho intramolecular Hbond substituents is 1. The first-order valence-corrected chi connectivity index (χ1v) is 12.5. The molecular formula is C23H24ClN3O5S. The van der Waals surface area contributed by atoms with Crippen LogP contribution in [0.5, 0.6) is 11.5 Å². The molecule has 1 atom stereocenters. The Bertz CT molecular complexity index is 1400. The molecule has 4 rings (SSSR count). The van der Waals surface area contributed by atoms with Crippen LogP contribution in [0.2, 0.25) is 5.02 Å². The lowest BCUT2D eigenvalue weighted by Gasteiger charge is -2.15. The van der Waals surface area contributed by atoms with Crippen molar-refractivity contribution in [2.75, 3.05) is 30.7 Å². The largest absolute Gasteiger partial charge is 0.506 e. The highest BCUT2D eigenvalue weighted by Crippen LogP contribution is 2.30. The summed E-state index contributed by atoms with van der Waals surface area (Å²) >= 11 is 6.07. The van der Waals surface area contributed by atoms with Gasteiger partial charge in [-0.05, 0) is 42.0 Å². The minimum absolute atomic E-state index is 0.0204. The summed E-state index contributed by atoms with van der Waals surface area (Å²) in [5, 5.41) is 26.2. The second-order valence-electron chi connectivity index (χ2n) is 7.74. The number of rotatable bonds is 9. The maximum atomic E-state index is 11.4. The van der Waals surface area contributed by atoms with E-state index in [0.717, 1.165) is 33.8 Å². The second-order valence-corrected chi connectivity index (χ2v) is 9.93. The molecule has 0 fully saturated rings. The van der Waals surface area contributed by atoms with Gasteiger partial charge in [0.2, 0.25) is 10.0 Å². The first-order valence-electron chi connectivity index (χ1n) is 10.2. The van der Waals surface area contributed by atoms with Crippen LogP contribution >= 0.6 is 11.6 Å². The number of anilines is 1. The van der Waals surface area contributed by atoms with Crippen molar-refractivity contribution in [1.82, 2.24) is 10.3 Å². The van der Waals surface area contributed by atoms with E-state index < -0.39 is 16.1 Å². The maximum absolute atomic E-state index is 11.4. The lowest BCUT2D eigenvalue weighted by atomic mass is 10.1. The standard InChI is InChI=1S/C23H24ClN3O5S/c1-33(30,31)27-21-10-14(2-7-22(21)28)23(29)13-25-8-9-32-16-4-6-18-17-5-3-15(24)11-19(17)26-20(18)12-16/h2-7,10-12,23,25-29H,8-9,13H2,1H3/t23-/m0/s1. The fourth-order valence-electron chi connectivity index (χ4n) is 3.59. The van der Waals surface area contributed by atoms with Gasteiger partial charge < -0.3 is 25.3 Å². The van der Waals surface area contributed by atoms with Crippen LogP contribution in [-0.4, -0.2) is 49.6 Å². The SMILES string of the molecule is CS(=O)(=O)Nc1cc([C@@H](O)CNCCOc2ccc3c(c2)[nH]c2cc(Cl)ccc23)ccc1O. The third kappa shape index (κ3) is 5.69. The number of aromatic hydroxyl groups is 1. The summed E-state index contributed by atoms with van der Waals surface area (Å²) in [5.74, 6) is 0.505. The molecule has 0 aliphatic heterocycles. The number of phenols is 1. The Morgan fingerprint density at radius 2 is 1.79 bits per heavy atom. The molecule has 0 saturated carbocycles. The highest BCUT2D eigenvalue weighted by molar-refractivity contribution is 7.92. The smallest absolute Gasteiger partial charge is 0.229 e. The molecular weight excluding hydrogens is 466 g/mol. The number of aliphatic hydroxyl groups is 1. The van der Waals surface area contributed by atoms with Crippen LogP contribution in [-0.2, 0) is 10.0 Å². The molecule has 0 amide bonds. The molecule has 10 heteroatoms. The van der Waals surface area contributed by atoms with Crippen LogP contribution < -0.4 is 14.8 Å². The van der Waals surface area contributed by atoms with Crippen molar-refractivity contribution in [3.05, 3.63) is 65.2 Å². The Morgan fingerprint density at radius 1 is 1.06 bits per heavy atom. The molecule has 0 aliphatic carbocycles. The van der Waals surface area contributed by atoms with Gasteiger partial charge in [0, 0.05) is 40.5 Å². The molecule has 0 bridgehead atoms. The molecule has 4 aromatic rings. The number of fused-ring (bicyclic) bond motifs is 3. The van der Waals surface area contributed by atoms with E-state index in [1.165, 1.54) is 18.2 Å². The quantitative estimate of drug-likeness (QED) is 0.180. The first-order chi connectivity index (χ1) is 15.7. The summed E-state index contributed by atoms with van der Waals surface area (Å²) < 4.78 is 30.9. The fourth-order valence-corrected chi connectivity index (χ4v) is 4.33.